The van der Waals surface area contributed by atoms with E-state index in [-0.39, 0.29) is 5.76 Å². The highest BCUT2D eigenvalue weighted by Crippen LogP contribution is 2.17. The summed E-state index contributed by atoms with van der Waals surface area (Å²) in [6.07, 6.45) is 3.50. The summed E-state index contributed by atoms with van der Waals surface area (Å²) in [4.78, 5) is 16.9. The van der Waals surface area contributed by atoms with Crippen LogP contribution >= 0.6 is 23.1 Å². The van der Waals surface area contributed by atoms with E-state index in [1.165, 1.54) is 23.6 Å². The van der Waals surface area contributed by atoms with E-state index in [2.05, 4.69) is 21.0 Å². The summed E-state index contributed by atoms with van der Waals surface area (Å²) in [7, 11) is 0. The van der Waals surface area contributed by atoms with Gasteiger partial charge < -0.3 is 9.09 Å². The SMILES string of the molecule is CSCCn1c(=NC(=O)c2ccno2)sc2ccccc21. The molecule has 0 radical (unpaired) electrons. The van der Waals surface area contributed by atoms with Crippen LogP contribution in [-0.2, 0) is 6.54 Å². The Kier molecular flexibility index (Phi) is 4.21. The van der Waals surface area contributed by atoms with E-state index >= 15 is 0 Å². The fourth-order valence-electron chi connectivity index (χ4n) is 1.97. The van der Waals surface area contributed by atoms with Crippen LogP contribution in [0.4, 0.5) is 0 Å². The summed E-state index contributed by atoms with van der Waals surface area (Å²) in [5.41, 5.74) is 1.10. The van der Waals surface area contributed by atoms with Crippen LogP contribution in [-0.4, -0.2) is 27.6 Å². The lowest BCUT2D eigenvalue weighted by Crippen LogP contribution is -2.18. The molecule has 1 amide bonds. The van der Waals surface area contributed by atoms with Crippen LogP contribution in [0, 0.1) is 0 Å². The molecular weight excluding hydrogens is 306 g/mol. The van der Waals surface area contributed by atoms with Gasteiger partial charge in [-0.1, -0.05) is 28.6 Å². The lowest BCUT2D eigenvalue weighted by atomic mass is 10.3. The summed E-state index contributed by atoms with van der Waals surface area (Å²) in [5.74, 6) is 0.713. The van der Waals surface area contributed by atoms with Gasteiger partial charge in [0.2, 0.25) is 5.76 Å². The van der Waals surface area contributed by atoms with E-state index < -0.39 is 5.91 Å². The number of thiazole rings is 1. The summed E-state index contributed by atoms with van der Waals surface area (Å²) in [6, 6.07) is 9.58. The number of aromatic nitrogens is 2. The molecule has 21 heavy (non-hydrogen) atoms. The number of nitrogens with zero attached hydrogens (tertiary/aromatic N) is 3. The number of carbonyl (C=O) groups excluding carboxylic acids is 1. The summed E-state index contributed by atoms with van der Waals surface area (Å²) >= 11 is 3.27. The molecule has 0 fully saturated rings. The molecule has 0 saturated heterocycles. The first-order valence-corrected chi connectivity index (χ1v) is 8.57. The maximum absolute atomic E-state index is 12.1. The molecule has 0 saturated carbocycles. The van der Waals surface area contributed by atoms with Crippen molar-refractivity contribution in [3.63, 3.8) is 0 Å². The second-order valence-corrected chi connectivity index (χ2v) is 6.29. The minimum atomic E-state index is -0.406. The zero-order valence-corrected chi connectivity index (χ0v) is 13.0. The molecule has 0 unspecified atom stereocenters. The van der Waals surface area contributed by atoms with Crippen molar-refractivity contribution in [1.29, 1.82) is 0 Å². The average molecular weight is 319 g/mol. The smallest absolute Gasteiger partial charge is 0.318 e. The second kappa shape index (κ2) is 6.28. The molecule has 2 aromatic heterocycles. The number of thioether (sulfide) groups is 1. The Balaban J connectivity index is 2.10. The molecule has 2 heterocycles. The second-order valence-electron chi connectivity index (χ2n) is 4.29. The molecule has 3 aromatic rings. The largest absolute Gasteiger partial charge is 0.351 e. The van der Waals surface area contributed by atoms with Crippen LogP contribution in [0.15, 0.2) is 46.0 Å². The maximum atomic E-state index is 12.1. The van der Waals surface area contributed by atoms with Gasteiger partial charge in [0.05, 0.1) is 16.4 Å². The quantitative estimate of drug-likeness (QED) is 0.742. The highest BCUT2D eigenvalue weighted by atomic mass is 32.2. The van der Waals surface area contributed by atoms with E-state index in [4.69, 9.17) is 4.52 Å². The molecule has 1 aromatic carbocycles. The Labute approximate surface area is 129 Å². The number of para-hydroxylation sites is 1. The lowest BCUT2D eigenvalue weighted by molar-refractivity contribution is 0.0962. The molecule has 7 heteroatoms. The van der Waals surface area contributed by atoms with Crippen LogP contribution in [0.3, 0.4) is 0 Å². The Morgan fingerprint density at radius 1 is 1.43 bits per heavy atom. The number of fused-ring (bicyclic) bond motifs is 1. The highest BCUT2D eigenvalue weighted by molar-refractivity contribution is 7.98. The maximum Gasteiger partial charge on any atom is 0.318 e. The summed E-state index contributed by atoms with van der Waals surface area (Å²) in [5, 5.41) is 3.54. The van der Waals surface area contributed by atoms with Gasteiger partial charge in [-0.2, -0.15) is 16.8 Å². The van der Waals surface area contributed by atoms with Crippen LogP contribution in [0.1, 0.15) is 10.6 Å². The topological polar surface area (TPSA) is 60.4 Å². The van der Waals surface area contributed by atoms with Gasteiger partial charge >= 0.3 is 5.91 Å². The first-order valence-electron chi connectivity index (χ1n) is 6.36. The summed E-state index contributed by atoms with van der Waals surface area (Å²) < 4.78 is 8.05. The lowest BCUT2D eigenvalue weighted by Gasteiger charge is -2.02. The van der Waals surface area contributed by atoms with Gasteiger partial charge in [-0.3, -0.25) is 4.79 Å². The standard InChI is InChI=1S/C14H13N3O2S2/c1-20-9-8-17-10-4-2-3-5-12(10)21-14(17)16-13(18)11-6-7-15-19-11/h2-7H,8-9H2,1H3. The summed E-state index contributed by atoms with van der Waals surface area (Å²) in [6.45, 7) is 0.813. The third-order valence-corrected chi connectivity index (χ3v) is 4.60. The van der Waals surface area contributed by atoms with Crippen molar-refractivity contribution >= 4 is 39.2 Å². The van der Waals surface area contributed by atoms with Crippen molar-refractivity contribution in [3.05, 3.63) is 47.1 Å². The first-order chi connectivity index (χ1) is 10.3. The van der Waals surface area contributed by atoms with Gasteiger partial charge in [-0.05, 0) is 18.4 Å². The Morgan fingerprint density at radius 3 is 3.05 bits per heavy atom. The molecule has 0 spiro atoms. The molecule has 5 nitrogen and oxygen atoms in total. The van der Waals surface area contributed by atoms with Crippen molar-refractivity contribution in [2.75, 3.05) is 12.0 Å². The van der Waals surface area contributed by atoms with Crippen molar-refractivity contribution in [2.24, 2.45) is 4.99 Å². The Hall–Kier alpha value is -1.86. The fraction of sp³-hybridized carbons (Fsp3) is 0.214. The monoisotopic (exact) mass is 319 g/mol. The number of benzene rings is 1. The number of rotatable bonds is 4. The van der Waals surface area contributed by atoms with Crippen LogP contribution < -0.4 is 4.80 Å². The fourth-order valence-corrected chi connectivity index (χ4v) is 3.39. The van der Waals surface area contributed by atoms with E-state index in [9.17, 15) is 4.79 Å². The minimum absolute atomic E-state index is 0.156. The van der Waals surface area contributed by atoms with Gasteiger partial charge in [0.15, 0.2) is 4.80 Å². The number of hydrogen-bond donors (Lipinski definition) is 0. The average Bonchev–Trinajstić information content (AvgIpc) is 3.13. The van der Waals surface area contributed by atoms with Crippen molar-refractivity contribution in [2.45, 2.75) is 6.54 Å². The van der Waals surface area contributed by atoms with Crippen molar-refractivity contribution in [3.8, 4) is 0 Å². The molecule has 0 aliphatic heterocycles. The van der Waals surface area contributed by atoms with Gasteiger partial charge in [-0.25, -0.2) is 0 Å². The number of aryl methyl sites for hydroxylation is 1. The van der Waals surface area contributed by atoms with Gasteiger partial charge in [0, 0.05) is 18.4 Å². The van der Waals surface area contributed by atoms with Gasteiger partial charge in [-0.15, -0.1) is 0 Å². The predicted octanol–water partition coefficient (Wildman–Crippen LogP) is 2.79. The zero-order valence-electron chi connectivity index (χ0n) is 11.4. The van der Waals surface area contributed by atoms with Crippen LogP contribution in [0.5, 0.6) is 0 Å². The first kappa shape index (κ1) is 14.1. The molecule has 0 N–H and O–H groups in total. The third-order valence-electron chi connectivity index (χ3n) is 2.95. The number of carbonyl (C=O) groups is 1. The molecule has 108 valence electrons. The molecular formula is C14H13N3O2S2. The Morgan fingerprint density at radius 2 is 2.29 bits per heavy atom. The number of hydrogen-bond acceptors (Lipinski definition) is 5. The van der Waals surface area contributed by atoms with Gasteiger partial charge in [0.25, 0.3) is 0 Å². The number of amides is 1. The minimum Gasteiger partial charge on any atom is -0.351 e. The Bertz CT molecular complexity index is 818. The van der Waals surface area contributed by atoms with E-state index in [0.717, 1.165) is 22.5 Å². The molecule has 0 aliphatic rings. The highest BCUT2D eigenvalue weighted by Gasteiger charge is 2.11. The van der Waals surface area contributed by atoms with E-state index in [0.29, 0.717) is 4.80 Å². The van der Waals surface area contributed by atoms with E-state index in [1.807, 2.05) is 24.3 Å². The van der Waals surface area contributed by atoms with Crippen molar-refractivity contribution < 1.29 is 9.32 Å². The molecule has 3 rings (SSSR count). The predicted molar refractivity (Wildman–Crippen MR) is 84.6 cm³/mol. The van der Waals surface area contributed by atoms with E-state index in [1.54, 1.807) is 11.8 Å². The van der Waals surface area contributed by atoms with Crippen LogP contribution in [0.2, 0.25) is 0 Å². The van der Waals surface area contributed by atoms with Crippen LogP contribution in [0.25, 0.3) is 10.2 Å². The third kappa shape index (κ3) is 2.93. The normalized spacial score (nSPS) is 12.1. The molecule has 0 atom stereocenters. The van der Waals surface area contributed by atoms with Gasteiger partial charge in [0.1, 0.15) is 0 Å². The van der Waals surface area contributed by atoms with Crippen molar-refractivity contribution in [1.82, 2.24) is 9.72 Å². The molecule has 0 aliphatic carbocycles. The molecule has 0 bridgehead atoms. The zero-order chi connectivity index (χ0) is 14.7.